The fourth-order valence-corrected chi connectivity index (χ4v) is 5.67. The Labute approximate surface area is 244 Å². The van der Waals surface area contributed by atoms with E-state index in [0.29, 0.717) is 22.8 Å². The van der Waals surface area contributed by atoms with E-state index in [1.807, 2.05) is 12.1 Å². The van der Waals surface area contributed by atoms with E-state index in [1.165, 1.54) is 24.5 Å². The zero-order valence-corrected chi connectivity index (χ0v) is 25.4. The lowest BCUT2D eigenvalue weighted by atomic mass is 10.0. The van der Waals surface area contributed by atoms with Crippen LogP contribution in [0.2, 0.25) is 19.6 Å². The van der Waals surface area contributed by atoms with Gasteiger partial charge >= 0.3 is 5.97 Å². The van der Waals surface area contributed by atoms with Crippen LogP contribution < -0.4 is 25.3 Å². The van der Waals surface area contributed by atoms with E-state index >= 15 is 4.39 Å². The quantitative estimate of drug-likeness (QED) is 0.175. The summed E-state index contributed by atoms with van der Waals surface area (Å²) >= 11 is 0. The summed E-state index contributed by atoms with van der Waals surface area (Å²) in [6, 6.07) is 11.8. The lowest BCUT2D eigenvalue weighted by Gasteiger charge is -2.19. The Morgan fingerprint density at radius 1 is 0.976 bits per heavy atom. The summed E-state index contributed by atoms with van der Waals surface area (Å²) in [6.45, 7) is 8.21. The molecular formula is C31H34F2N4O4Si. The second-order valence-electron chi connectivity index (χ2n) is 10.8. The largest absolute Gasteiger partial charge is 0.497 e. The third kappa shape index (κ3) is 6.68. The van der Waals surface area contributed by atoms with Gasteiger partial charge in [-0.2, -0.15) is 0 Å². The molecule has 2 heterocycles. The van der Waals surface area contributed by atoms with Gasteiger partial charge in [0.05, 0.1) is 45.4 Å². The predicted octanol–water partition coefficient (Wildman–Crippen LogP) is 6.27. The van der Waals surface area contributed by atoms with Gasteiger partial charge in [0.15, 0.2) is 11.6 Å². The number of rotatable bonds is 11. The molecule has 2 aromatic carbocycles. The average molecular weight is 593 g/mol. The van der Waals surface area contributed by atoms with Gasteiger partial charge in [-0.25, -0.2) is 18.6 Å². The number of ether oxygens (including phenoxy) is 2. The first kappa shape index (κ1) is 30.4. The van der Waals surface area contributed by atoms with Gasteiger partial charge in [-0.3, -0.25) is 4.98 Å². The minimum Gasteiger partial charge on any atom is -0.497 e. The molecule has 0 aliphatic rings. The Bertz CT molecular complexity index is 1630. The fraction of sp³-hybridized carbons (Fsp3) is 0.258. The number of aromatic nitrogens is 2. The maximum atomic E-state index is 15.5. The first-order chi connectivity index (χ1) is 19.9. The zero-order chi connectivity index (χ0) is 30.6. The van der Waals surface area contributed by atoms with E-state index in [1.54, 1.807) is 39.3 Å². The molecule has 0 saturated heterocycles. The molecule has 4 rings (SSSR count). The molecule has 220 valence electrons. The number of aromatic carboxylic acids is 1. The van der Waals surface area contributed by atoms with E-state index in [9.17, 15) is 14.3 Å². The van der Waals surface area contributed by atoms with Crippen molar-refractivity contribution in [3.05, 3.63) is 94.4 Å². The number of hydrogen-bond acceptors (Lipinski definition) is 7. The lowest BCUT2D eigenvalue weighted by molar-refractivity contribution is 0.0697. The van der Waals surface area contributed by atoms with Crippen molar-refractivity contribution < 1.29 is 28.2 Å². The van der Waals surface area contributed by atoms with E-state index < -0.39 is 25.7 Å². The maximum Gasteiger partial charge on any atom is 0.338 e. The summed E-state index contributed by atoms with van der Waals surface area (Å²) in [7, 11) is 1.38. The van der Waals surface area contributed by atoms with Crippen molar-refractivity contribution in [3.8, 4) is 11.5 Å². The average Bonchev–Trinajstić information content (AvgIpc) is 2.95. The second-order valence-corrected chi connectivity index (χ2v) is 15.9. The Morgan fingerprint density at radius 3 is 2.38 bits per heavy atom. The van der Waals surface area contributed by atoms with Crippen molar-refractivity contribution in [1.29, 1.82) is 0 Å². The molecule has 0 radical (unpaired) electrons. The van der Waals surface area contributed by atoms with Gasteiger partial charge in [-0.15, -0.1) is 0 Å². The number of pyridine rings is 2. The number of halogens is 2. The third-order valence-corrected chi connectivity index (χ3v) is 9.06. The number of carbonyl (C=O) groups is 1. The smallest absolute Gasteiger partial charge is 0.338 e. The standard InChI is InChI=1S/C31H34F2N4O4Si/c1-18-25(35-17-26(28(18)31(38)39)37-24-10-9-22(15-23(24)32)42(4,5)6)13-19-11-12-34-30(29(19)33)36-16-20-7-8-21(40-2)14-27(20)41-3/h7-12,14-15,17,37H,13,16H2,1-6H3,(H,34,36)(H,38,39). The number of carboxylic acid groups (broad SMARTS) is 1. The zero-order valence-electron chi connectivity index (χ0n) is 24.4. The van der Waals surface area contributed by atoms with Crippen LogP contribution in [0.15, 0.2) is 54.9 Å². The molecule has 42 heavy (non-hydrogen) atoms. The molecule has 0 fully saturated rings. The lowest BCUT2D eigenvalue weighted by Crippen LogP contribution is -2.37. The van der Waals surface area contributed by atoms with E-state index in [-0.39, 0.29) is 41.3 Å². The highest BCUT2D eigenvalue weighted by Crippen LogP contribution is 2.29. The van der Waals surface area contributed by atoms with E-state index in [4.69, 9.17) is 9.47 Å². The second kappa shape index (κ2) is 12.6. The molecule has 0 unspecified atom stereocenters. The van der Waals surface area contributed by atoms with Crippen molar-refractivity contribution in [2.24, 2.45) is 0 Å². The predicted molar refractivity (Wildman–Crippen MR) is 162 cm³/mol. The Kier molecular flexibility index (Phi) is 9.10. The van der Waals surface area contributed by atoms with Gasteiger partial charge in [-0.05, 0) is 48.4 Å². The molecule has 0 aliphatic carbocycles. The number of anilines is 3. The van der Waals surface area contributed by atoms with Gasteiger partial charge in [0.1, 0.15) is 17.3 Å². The van der Waals surface area contributed by atoms with Gasteiger partial charge in [0, 0.05) is 36.5 Å². The van der Waals surface area contributed by atoms with Crippen LogP contribution in [0.4, 0.5) is 26.0 Å². The van der Waals surface area contributed by atoms with Crippen molar-refractivity contribution >= 4 is 36.4 Å². The highest BCUT2D eigenvalue weighted by Gasteiger charge is 2.22. The number of benzene rings is 2. The number of nitrogens with one attached hydrogen (secondary N) is 2. The Morgan fingerprint density at radius 2 is 1.74 bits per heavy atom. The minimum atomic E-state index is -1.73. The third-order valence-electron chi connectivity index (χ3n) is 7.01. The summed E-state index contributed by atoms with van der Waals surface area (Å²) in [6.07, 6.45) is 2.84. The molecule has 0 atom stereocenters. The van der Waals surface area contributed by atoms with Crippen LogP contribution in [-0.4, -0.2) is 43.3 Å². The van der Waals surface area contributed by atoms with Crippen molar-refractivity contribution in [2.45, 2.75) is 39.5 Å². The number of carboxylic acids is 1. The molecule has 0 bridgehead atoms. The Hall–Kier alpha value is -4.51. The van der Waals surface area contributed by atoms with Gasteiger partial charge in [0.25, 0.3) is 0 Å². The van der Waals surface area contributed by atoms with Gasteiger partial charge in [-0.1, -0.05) is 30.9 Å². The van der Waals surface area contributed by atoms with E-state index in [2.05, 4.69) is 40.2 Å². The van der Waals surface area contributed by atoms with E-state index in [0.717, 1.165) is 10.8 Å². The van der Waals surface area contributed by atoms with Crippen LogP contribution in [0.5, 0.6) is 11.5 Å². The SMILES string of the molecule is COc1ccc(CNc2nccc(Cc3ncc(Nc4ccc([Si](C)(C)C)cc4F)c(C(=O)O)c3C)c2F)c(OC)c1. The van der Waals surface area contributed by atoms with Crippen molar-refractivity contribution in [1.82, 2.24) is 9.97 Å². The topological polar surface area (TPSA) is 106 Å². The highest BCUT2D eigenvalue weighted by atomic mass is 28.3. The first-order valence-electron chi connectivity index (χ1n) is 13.3. The van der Waals surface area contributed by atoms with Gasteiger partial charge < -0.3 is 25.2 Å². The highest BCUT2D eigenvalue weighted by molar-refractivity contribution is 6.88. The van der Waals surface area contributed by atoms with Crippen LogP contribution in [0.3, 0.4) is 0 Å². The van der Waals surface area contributed by atoms with Crippen LogP contribution >= 0.6 is 0 Å². The molecule has 3 N–H and O–H groups in total. The molecule has 2 aromatic heterocycles. The number of methoxy groups -OCH3 is 2. The molecule has 0 saturated carbocycles. The summed E-state index contributed by atoms with van der Waals surface area (Å²) in [4.78, 5) is 20.8. The molecule has 0 aliphatic heterocycles. The summed E-state index contributed by atoms with van der Waals surface area (Å²) in [5, 5.41) is 16.9. The number of nitrogens with zero attached hydrogens (tertiary/aromatic N) is 2. The van der Waals surface area contributed by atoms with Crippen LogP contribution in [0.25, 0.3) is 0 Å². The van der Waals surface area contributed by atoms with Crippen LogP contribution in [-0.2, 0) is 13.0 Å². The van der Waals surface area contributed by atoms with Crippen molar-refractivity contribution in [3.63, 3.8) is 0 Å². The molecular weight excluding hydrogens is 558 g/mol. The van der Waals surface area contributed by atoms with Crippen molar-refractivity contribution in [2.75, 3.05) is 24.9 Å². The minimum absolute atomic E-state index is 0.0283. The molecule has 8 nitrogen and oxygen atoms in total. The Balaban J connectivity index is 1.58. The first-order valence-corrected chi connectivity index (χ1v) is 16.8. The summed E-state index contributed by atoms with van der Waals surface area (Å²) in [5.74, 6) is -0.994. The normalized spacial score (nSPS) is 11.2. The molecule has 0 spiro atoms. The van der Waals surface area contributed by atoms with Crippen LogP contribution in [0, 0.1) is 18.6 Å². The van der Waals surface area contributed by atoms with Gasteiger partial charge in [0.2, 0.25) is 0 Å². The summed E-state index contributed by atoms with van der Waals surface area (Å²) in [5.41, 5.74) is 2.03. The fourth-order valence-electron chi connectivity index (χ4n) is 4.53. The maximum absolute atomic E-state index is 15.5. The molecule has 11 heteroatoms. The number of hydrogen-bond donors (Lipinski definition) is 3. The monoisotopic (exact) mass is 592 g/mol. The van der Waals surface area contributed by atoms with Crippen LogP contribution in [0.1, 0.15) is 32.7 Å². The summed E-state index contributed by atoms with van der Waals surface area (Å²) < 4.78 is 41.1. The molecule has 4 aromatic rings. The molecule has 0 amide bonds.